The van der Waals surface area contributed by atoms with Gasteiger partial charge in [-0.15, -0.1) is 0 Å². The van der Waals surface area contributed by atoms with Crippen LogP contribution in [0.15, 0.2) is 285 Å². The van der Waals surface area contributed by atoms with E-state index in [1.807, 2.05) is 0 Å². The van der Waals surface area contributed by atoms with Gasteiger partial charge in [-0.1, -0.05) is 231 Å². The Balaban J connectivity index is 0.818. The lowest BCUT2D eigenvalue weighted by molar-refractivity contribution is 1.28. The summed E-state index contributed by atoms with van der Waals surface area (Å²) in [7, 11) is 0. The highest BCUT2D eigenvalue weighted by molar-refractivity contribution is 6.15. The number of benzene rings is 14. The van der Waals surface area contributed by atoms with E-state index in [0.717, 1.165) is 17.1 Å². The highest BCUT2D eigenvalue weighted by Crippen LogP contribution is 2.43. The third kappa shape index (κ3) is 7.50. The van der Waals surface area contributed by atoms with E-state index in [1.165, 1.54) is 120 Å². The summed E-state index contributed by atoms with van der Waals surface area (Å²) in [6.45, 7) is 0. The second-order valence-corrected chi connectivity index (χ2v) is 19.2. The molecule has 0 bridgehead atoms. The maximum Gasteiger partial charge on any atom is 0.0462 e. The molecule has 14 rings (SSSR count). The van der Waals surface area contributed by atoms with Gasteiger partial charge in [0.15, 0.2) is 0 Å². The number of nitrogens with zero attached hydrogens (tertiary/aromatic N) is 1. The fourth-order valence-corrected chi connectivity index (χ4v) is 11.4. The minimum absolute atomic E-state index is 1.09. The monoisotopic (exact) mass is 925 g/mol. The van der Waals surface area contributed by atoms with Gasteiger partial charge in [-0.25, -0.2) is 0 Å². The van der Waals surface area contributed by atoms with Crippen molar-refractivity contribution in [2.75, 3.05) is 4.90 Å². The van der Waals surface area contributed by atoms with Gasteiger partial charge in [-0.3, -0.25) is 0 Å². The van der Waals surface area contributed by atoms with Gasteiger partial charge in [0.25, 0.3) is 0 Å². The number of hydrogen-bond acceptors (Lipinski definition) is 1. The molecule has 14 aromatic carbocycles. The number of rotatable bonds is 8. The Morgan fingerprint density at radius 3 is 0.808 bits per heavy atom. The van der Waals surface area contributed by atoms with Gasteiger partial charge in [-0.05, 0) is 175 Å². The second-order valence-electron chi connectivity index (χ2n) is 19.2. The predicted molar refractivity (Wildman–Crippen MR) is 313 cm³/mol. The maximum absolute atomic E-state index is 2.37. The molecular weight excluding hydrogens is 879 g/mol. The topological polar surface area (TPSA) is 3.24 Å². The van der Waals surface area contributed by atoms with Crippen LogP contribution in [0.2, 0.25) is 0 Å². The van der Waals surface area contributed by atoms with Crippen LogP contribution >= 0.6 is 0 Å². The Kier molecular flexibility index (Phi) is 10.3. The fourth-order valence-electron chi connectivity index (χ4n) is 11.4. The van der Waals surface area contributed by atoms with Gasteiger partial charge in [0.1, 0.15) is 0 Å². The molecule has 1 heteroatoms. The van der Waals surface area contributed by atoms with E-state index >= 15 is 0 Å². The minimum Gasteiger partial charge on any atom is -0.311 e. The molecule has 0 aliphatic rings. The molecule has 0 radical (unpaired) electrons. The summed E-state index contributed by atoms with van der Waals surface area (Å²) in [5.74, 6) is 0. The van der Waals surface area contributed by atoms with E-state index < -0.39 is 0 Å². The summed E-state index contributed by atoms with van der Waals surface area (Å²) in [5.41, 5.74) is 15.4. The largest absolute Gasteiger partial charge is 0.311 e. The van der Waals surface area contributed by atoms with Crippen molar-refractivity contribution in [1.29, 1.82) is 0 Å². The lowest BCUT2D eigenvalue weighted by atomic mass is 9.91. The van der Waals surface area contributed by atoms with E-state index in [0.29, 0.717) is 0 Å². The molecule has 0 fully saturated rings. The maximum atomic E-state index is 2.37. The summed E-state index contributed by atoms with van der Waals surface area (Å²) >= 11 is 0. The smallest absolute Gasteiger partial charge is 0.0462 e. The molecule has 0 saturated carbocycles. The lowest BCUT2D eigenvalue weighted by Crippen LogP contribution is -2.09. The molecule has 14 aromatic rings. The fraction of sp³-hybridized carbons (Fsp3) is 0. The van der Waals surface area contributed by atoms with E-state index in [9.17, 15) is 0 Å². The van der Waals surface area contributed by atoms with Crippen LogP contribution in [-0.4, -0.2) is 0 Å². The van der Waals surface area contributed by atoms with Crippen LogP contribution in [-0.2, 0) is 0 Å². The first kappa shape index (κ1) is 42.3. The molecule has 340 valence electrons. The molecule has 0 N–H and O–H groups in total. The molecule has 73 heavy (non-hydrogen) atoms. The van der Waals surface area contributed by atoms with Gasteiger partial charge in [0, 0.05) is 17.1 Å². The molecule has 1 nitrogen and oxygen atoms in total. The molecule has 0 heterocycles. The molecule has 0 aliphatic carbocycles. The van der Waals surface area contributed by atoms with Crippen LogP contribution in [0.25, 0.3) is 120 Å². The Morgan fingerprint density at radius 2 is 0.438 bits per heavy atom. The third-order valence-electron chi connectivity index (χ3n) is 15.0. The van der Waals surface area contributed by atoms with Crippen molar-refractivity contribution >= 4 is 81.7 Å². The molecule has 0 atom stereocenters. The van der Waals surface area contributed by atoms with Crippen LogP contribution in [0, 0.1) is 0 Å². The van der Waals surface area contributed by atoms with Crippen LogP contribution in [0.5, 0.6) is 0 Å². The highest BCUT2D eigenvalue weighted by Gasteiger charge is 2.17. The average molecular weight is 926 g/mol. The Morgan fingerprint density at radius 1 is 0.178 bits per heavy atom. The van der Waals surface area contributed by atoms with E-state index in [-0.39, 0.29) is 0 Å². The van der Waals surface area contributed by atoms with Gasteiger partial charge in [0.05, 0.1) is 0 Å². The zero-order chi connectivity index (χ0) is 48.2. The Hall–Kier alpha value is -9.56. The summed E-state index contributed by atoms with van der Waals surface area (Å²) in [5, 5.41) is 15.2. The van der Waals surface area contributed by atoms with Crippen molar-refractivity contribution in [2.45, 2.75) is 0 Å². The predicted octanol–water partition coefficient (Wildman–Crippen LogP) is 20.4. The van der Waals surface area contributed by atoms with Crippen molar-refractivity contribution in [1.82, 2.24) is 0 Å². The zero-order valence-electron chi connectivity index (χ0n) is 40.1. The molecule has 0 spiro atoms. The minimum atomic E-state index is 1.09. The van der Waals surface area contributed by atoms with E-state index in [2.05, 4.69) is 290 Å². The van der Waals surface area contributed by atoms with Crippen LogP contribution in [0.1, 0.15) is 0 Å². The van der Waals surface area contributed by atoms with Crippen molar-refractivity contribution in [3.05, 3.63) is 285 Å². The number of anilines is 3. The lowest BCUT2D eigenvalue weighted by Gasteiger charge is -2.26. The summed E-state index contributed by atoms with van der Waals surface area (Å²) in [4.78, 5) is 2.37. The second kappa shape index (κ2) is 17.7. The highest BCUT2D eigenvalue weighted by atomic mass is 15.1. The van der Waals surface area contributed by atoms with E-state index in [1.54, 1.807) is 0 Å². The van der Waals surface area contributed by atoms with Crippen LogP contribution < -0.4 is 4.90 Å². The Bertz CT molecular complexity index is 4060. The molecular formula is C72H47N. The van der Waals surface area contributed by atoms with Crippen LogP contribution in [0.4, 0.5) is 17.1 Å². The number of hydrogen-bond donors (Lipinski definition) is 0. The van der Waals surface area contributed by atoms with Crippen LogP contribution in [0.3, 0.4) is 0 Å². The van der Waals surface area contributed by atoms with Gasteiger partial charge in [0.2, 0.25) is 0 Å². The standard InChI is InChI=1S/C72H47N/c1-6-18-63-59(17-1)47-70(69-24-12-11-23-68(63)69)52-37-43-62(44-38-52)73(60-39-33-50(34-40-60)48-25-29-53(30-26-48)71-64-19-7-2-13-55(64)45-56-14-3-8-20-65(56)71)61-41-35-51(36-42-61)49-27-31-54(32-28-49)72-66-21-9-4-15-57(66)46-58-16-5-10-22-67(58)72/h1-47H. The number of fused-ring (bicyclic) bond motifs is 7. The van der Waals surface area contributed by atoms with Crippen molar-refractivity contribution in [3.63, 3.8) is 0 Å². The van der Waals surface area contributed by atoms with Crippen molar-refractivity contribution < 1.29 is 0 Å². The first-order valence-corrected chi connectivity index (χ1v) is 25.2. The molecule has 0 saturated heterocycles. The third-order valence-corrected chi connectivity index (χ3v) is 15.0. The first-order chi connectivity index (χ1) is 36.2. The van der Waals surface area contributed by atoms with Crippen molar-refractivity contribution in [3.8, 4) is 55.6 Å². The Labute approximate surface area is 425 Å². The molecule has 0 aliphatic heterocycles. The van der Waals surface area contributed by atoms with Gasteiger partial charge in [-0.2, -0.15) is 0 Å². The molecule has 0 aromatic heterocycles. The summed E-state index contributed by atoms with van der Waals surface area (Å²) in [6.07, 6.45) is 0. The SMILES string of the molecule is c1ccc2c(-c3ccc(-c4ccc(N(c5ccc(-c6ccc(-c7c8ccccc8cc8ccccc78)cc6)cc5)c5ccc(-c6cc7ccccc7c7ccccc67)cc5)cc4)cc3)c3ccccc3cc2c1. The summed E-state index contributed by atoms with van der Waals surface area (Å²) < 4.78 is 0. The average Bonchev–Trinajstić information content (AvgIpc) is 3.46. The first-order valence-electron chi connectivity index (χ1n) is 25.2. The van der Waals surface area contributed by atoms with Crippen molar-refractivity contribution in [2.24, 2.45) is 0 Å². The van der Waals surface area contributed by atoms with E-state index in [4.69, 9.17) is 0 Å². The van der Waals surface area contributed by atoms with Gasteiger partial charge < -0.3 is 4.90 Å². The molecule has 0 unspecified atom stereocenters. The normalized spacial score (nSPS) is 11.6. The summed E-state index contributed by atoms with van der Waals surface area (Å²) in [6, 6.07) is 105. The van der Waals surface area contributed by atoms with Gasteiger partial charge >= 0.3 is 0 Å². The quantitative estimate of drug-likeness (QED) is 0.108. The zero-order valence-corrected chi connectivity index (χ0v) is 40.1. The molecule has 0 amide bonds.